The highest BCUT2D eigenvalue weighted by molar-refractivity contribution is 4.86. The van der Waals surface area contributed by atoms with E-state index in [1.165, 1.54) is 0 Å². The van der Waals surface area contributed by atoms with Crippen LogP contribution in [0.4, 0.5) is 0 Å². The molecule has 0 radical (unpaired) electrons. The fraction of sp³-hybridized carbons (Fsp3) is 1.00. The van der Waals surface area contributed by atoms with Gasteiger partial charge in [0.2, 0.25) is 0 Å². The maximum absolute atomic E-state index is 9.32. The largest absolute Gasteiger partial charge is 0.394 e. The van der Waals surface area contributed by atoms with E-state index in [9.17, 15) is 10.2 Å². The molecule has 0 aliphatic carbocycles. The van der Waals surface area contributed by atoms with E-state index in [1.807, 2.05) is 0 Å². The summed E-state index contributed by atoms with van der Waals surface area (Å²) in [7, 11) is 0. The first kappa shape index (κ1) is 9.88. The lowest BCUT2D eigenvalue weighted by atomic mass is 9.93. The highest BCUT2D eigenvalue weighted by Gasteiger charge is 2.40. The van der Waals surface area contributed by atoms with Gasteiger partial charge in [-0.3, -0.25) is 0 Å². The van der Waals surface area contributed by atoms with Crippen LogP contribution in [-0.2, 0) is 4.74 Å². The summed E-state index contributed by atoms with van der Waals surface area (Å²) in [6, 6.07) is 0. The van der Waals surface area contributed by atoms with Gasteiger partial charge in [0.1, 0.15) is 12.2 Å². The Morgan fingerprint density at radius 1 is 1.17 bits per heavy atom. The molecule has 1 saturated heterocycles. The second-order valence-corrected chi connectivity index (χ2v) is 3.09. The SMILES string of the molecule is CC1[C@H](O)OC(CO)[C@@H](O)[C@@H]1O. The summed E-state index contributed by atoms with van der Waals surface area (Å²) >= 11 is 0. The van der Waals surface area contributed by atoms with Gasteiger partial charge in [-0.05, 0) is 0 Å². The number of ether oxygens (including phenoxy) is 1. The molecule has 1 aliphatic heterocycles. The Morgan fingerprint density at radius 2 is 1.75 bits per heavy atom. The van der Waals surface area contributed by atoms with Crippen LogP contribution in [0.5, 0.6) is 0 Å². The Kier molecular flexibility index (Phi) is 3.03. The van der Waals surface area contributed by atoms with E-state index in [-0.39, 0.29) is 0 Å². The third-order valence-corrected chi connectivity index (χ3v) is 2.21. The van der Waals surface area contributed by atoms with Crippen LogP contribution >= 0.6 is 0 Å². The van der Waals surface area contributed by atoms with Gasteiger partial charge < -0.3 is 25.2 Å². The van der Waals surface area contributed by atoms with Gasteiger partial charge in [0.25, 0.3) is 0 Å². The molecule has 1 rings (SSSR count). The van der Waals surface area contributed by atoms with Gasteiger partial charge >= 0.3 is 0 Å². The van der Waals surface area contributed by atoms with Crippen molar-refractivity contribution >= 4 is 0 Å². The standard InChI is InChI=1S/C7H14O5/c1-3-5(9)6(10)4(2-8)12-7(3)11/h3-11H,2H2,1H3/t3?,4?,5-,6-,7-/m1/s1. The monoisotopic (exact) mass is 178 g/mol. The van der Waals surface area contributed by atoms with E-state index in [0.29, 0.717) is 0 Å². The maximum Gasteiger partial charge on any atom is 0.160 e. The molecular weight excluding hydrogens is 164 g/mol. The topological polar surface area (TPSA) is 90.2 Å². The first-order valence-corrected chi connectivity index (χ1v) is 3.88. The van der Waals surface area contributed by atoms with E-state index >= 15 is 0 Å². The van der Waals surface area contributed by atoms with Crippen molar-refractivity contribution < 1.29 is 25.2 Å². The van der Waals surface area contributed by atoms with Crippen LogP contribution in [0.2, 0.25) is 0 Å². The molecule has 2 unspecified atom stereocenters. The van der Waals surface area contributed by atoms with Gasteiger partial charge in [-0.1, -0.05) is 6.92 Å². The molecule has 0 saturated carbocycles. The van der Waals surface area contributed by atoms with Gasteiger partial charge in [0.05, 0.1) is 12.7 Å². The molecule has 1 aliphatic rings. The van der Waals surface area contributed by atoms with E-state index < -0.39 is 37.1 Å². The minimum absolute atomic E-state index is 0.415. The molecule has 0 aromatic heterocycles. The van der Waals surface area contributed by atoms with Crippen molar-refractivity contribution in [3.8, 4) is 0 Å². The summed E-state index contributed by atoms with van der Waals surface area (Å²) in [4.78, 5) is 0. The Bertz CT molecular complexity index is 146. The number of aliphatic hydroxyl groups is 4. The molecule has 5 heteroatoms. The summed E-state index contributed by atoms with van der Waals surface area (Å²) < 4.78 is 4.83. The lowest BCUT2D eigenvalue weighted by molar-refractivity contribution is -0.266. The summed E-state index contributed by atoms with van der Waals surface area (Å²) in [5.41, 5.74) is 0. The molecule has 1 heterocycles. The predicted molar refractivity (Wildman–Crippen MR) is 39.1 cm³/mol. The van der Waals surface area contributed by atoms with E-state index in [2.05, 4.69) is 0 Å². The van der Waals surface area contributed by atoms with Crippen molar-refractivity contribution in [2.45, 2.75) is 31.5 Å². The van der Waals surface area contributed by atoms with Gasteiger partial charge in [0.15, 0.2) is 6.29 Å². The normalized spacial score (nSPS) is 49.2. The molecule has 0 aromatic carbocycles. The zero-order valence-electron chi connectivity index (χ0n) is 6.79. The van der Waals surface area contributed by atoms with Gasteiger partial charge in [0, 0.05) is 5.92 Å². The molecule has 5 atom stereocenters. The van der Waals surface area contributed by atoms with Gasteiger partial charge in [-0.2, -0.15) is 0 Å². The van der Waals surface area contributed by atoms with Crippen molar-refractivity contribution in [2.75, 3.05) is 6.61 Å². The smallest absolute Gasteiger partial charge is 0.160 e. The highest BCUT2D eigenvalue weighted by Crippen LogP contribution is 2.23. The van der Waals surface area contributed by atoms with E-state index in [0.717, 1.165) is 0 Å². The fourth-order valence-electron chi connectivity index (χ4n) is 1.23. The van der Waals surface area contributed by atoms with Crippen molar-refractivity contribution in [3.05, 3.63) is 0 Å². The third-order valence-electron chi connectivity index (χ3n) is 2.21. The third kappa shape index (κ3) is 1.60. The average molecular weight is 178 g/mol. The molecule has 72 valence electrons. The van der Waals surface area contributed by atoms with Crippen LogP contribution < -0.4 is 0 Å². The quantitative estimate of drug-likeness (QED) is 0.375. The van der Waals surface area contributed by atoms with E-state index in [4.69, 9.17) is 14.9 Å². The second-order valence-electron chi connectivity index (χ2n) is 3.09. The second kappa shape index (κ2) is 3.68. The highest BCUT2D eigenvalue weighted by atomic mass is 16.6. The lowest BCUT2D eigenvalue weighted by Gasteiger charge is -2.38. The van der Waals surface area contributed by atoms with E-state index in [1.54, 1.807) is 6.92 Å². The Hall–Kier alpha value is -0.200. The lowest BCUT2D eigenvalue weighted by Crippen LogP contribution is -2.54. The molecule has 4 N–H and O–H groups in total. The molecule has 0 bridgehead atoms. The van der Waals surface area contributed by atoms with Crippen molar-refractivity contribution in [2.24, 2.45) is 5.92 Å². The van der Waals surface area contributed by atoms with Crippen molar-refractivity contribution in [3.63, 3.8) is 0 Å². The summed E-state index contributed by atoms with van der Waals surface area (Å²) in [5, 5.41) is 36.4. The summed E-state index contributed by atoms with van der Waals surface area (Å²) in [5.74, 6) is -0.539. The predicted octanol–water partition coefficient (Wildman–Crippen LogP) is -1.95. The number of aliphatic hydroxyl groups excluding tert-OH is 4. The van der Waals surface area contributed by atoms with Crippen LogP contribution in [-0.4, -0.2) is 51.6 Å². The van der Waals surface area contributed by atoms with Crippen LogP contribution in [0.1, 0.15) is 6.92 Å². The zero-order chi connectivity index (χ0) is 9.30. The minimum Gasteiger partial charge on any atom is -0.394 e. The molecule has 1 fully saturated rings. The average Bonchev–Trinajstić information content (AvgIpc) is 2.08. The van der Waals surface area contributed by atoms with Gasteiger partial charge in [-0.25, -0.2) is 0 Å². The van der Waals surface area contributed by atoms with Gasteiger partial charge in [-0.15, -0.1) is 0 Å². The zero-order valence-corrected chi connectivity index (χ0v) is 6.79. The molecule has 5 nitrogen and oxygen atoms in total. The first-order chi connectivity index (χ1) is 5.57. The van der Waals surface area contributed by atoms with Crippen LogP contribution in [0.15, 0.2) is 0 Å². The minimum atomic E-state index is -1.13. The molecular formula is C7H14O5. The van der Waals surface area contributed by atoms with Crippen LogP contribution in [0.3, 0.4) is 0 Å². The first-order valence-electron chi connectivity index (χ1n) is 3.88. The van der Waals surface area contributed by atoms with Crippen LogP contribution in [0, 0.1) is 5.92 Å². The summed E-state index contributed by atoms with van der Waals surface area (Å²) in [6.07, 6.45) is -4.20. The molecule has 12 heavy (non-hydrogen) atoms. The molecule has 0 amide bonds. The summed E-state index contributed by atoms with van der Waals surface area (Å²) in [6.45, 7) is 1.15. The molecule has 0 aromatic rings. The Morgan fingerprint density at radius 3 is 2.25 bits per heavy atom. The Balaban J connectivity index is 2.63. The maximum atomic E-state index is 9.32. The number of hydrogen-bond acceptors (Lipinski definition) is 5. The van der Waals surface area contributed by atoms with Crippen molar-refractivity contribution in [1.29, 1.82) is 0 Å². The van der Waals surface area contributed by atoms with Crippen LogP contribution in [0.25, 0.3) is 0 Å². The Labute approximate surface area is 70.2 Å². The fourth-order valence-corrected chi connectivity index (χ4v) is 1.23. The molecule has 0 spiro atoms. The number of hydrogen-bond donors (Lipinski definition) is 4. The van der Waals surface area contributed by atoms with Crippen molar-refractivity contribution in [1.82, 2.24) is 0 Å². The number of rotatable bonds is 1.